The summed E-state index contributed by atoms with van der Waals surface area (Å²) in [5.74, 6) is 0.941. The highest BCUT2D eigenvalue weighted by Gasteiger charge is 2.12. The second kappa shape index (κ2) is 9.25. The summed E-state index contributed by atoms with van der Waals surface area (Å²) >= 11 is 7.60. The van der Waals surface area contributed by atoms with Gasteiger partial charge in [0.15, 0.2) is 5.16 Å². The molecule has 0 bridgehead atoms. The summed E-state index contributed by atoms with van der Waals surface area (Å²) in [4.78, 5) is 17.8. The molecule has 0 amide bonds. The number of rotatable bonds is 7. The molecule has 0 aliphatic rings. The standard InChI is InChI=1S/C22H23ClN2OS/c1-3-12-27-22-24-14-19(13-17-8-10-20(23)11-9-17)21(26)25(22)15-18-6-4-16(2)5-7-18/h4-11,14H,3,12-13,15H2,1-2H3. The fourth-order valence-electron chi connectivity index (χ4n) is 2.79. The molecule has 140 valence electrons. The van der Waals surface area contributed by atoms with Gasteiger partial charge in [0.05, 0.1) is 6.54 Å². The molecule has 3 nitrogen and oxygen atoms in total. The van der Waals surface area contributed by atoms with Crippen LogP contribution in [-0.2, 0) is 13.0 Å². The van der Waals surface area contributed by atoms with E-state index in [0.29, 0.717) is 23.6 Å². The van der Waals surface area contributed by atoms with Gasteiger partial charge in [-0.2, -0.15) is 0 Å². The van der Waals surface area contributed by atoms with E-state index in [0.717, 1.165) is 28.5 Å². The van der Waals surface area contributed by atoms with Crippen molar-refractivity contribution in [3.05, 3.63) is 92.4 Å². The van der Waals surface area contributed by atoms with E-state index in [1.807, 2.05) is 24.3 Å². The zero-order valence-corrected chi connectivity index (χ0v) is 17.2. The molecular formula is C22H23ClN2OS. The predicted molar refractivity (Wildman–Crippen MR) is 114 cm³/mol. The maximum atomic E-state index is 13.2. The van der Waals surface area contributed by atoms with Gasteiger partial charge in [-0.15, -0.1) is 0 Å². The molecule has 3 rings (SSSR count). The maximum absolute atomic E-state index is 13.2. The zero-order valence-electron chi connectivity index (χ0n) is 15.6. The van der Waals surface area contributed by atoms with Gasteiger partial charge in [0.1, 0.15) is 0 Å². The summed E-state index contributed by atoms with van der Waals surface area (Å²) in [6, 6.07) is 15.9. The van der Waals surface area contributed by atoms with E-state index >= 15 is 0 Å². The van der Waals surface area contributed by atoms with Crippen molar-refractivity contribution in [2.24, 2.45) is 0 Å². The third-order valence-corrected chi connectivity index (χ3v) is 5.73. The first-order chi connectivity index (χ1) is 13.1. The molecule has 27 heavy (non-hydrogen) atoms. The fourth-order valence-corrected chi connectivity index (χ4v) is 3.73. The number of thioether (sulfide) groups is 1. The van der Waals surface area contributed by atoms with E-state index in [9.17, 15) is 4.79 Å². The summed E-state index contributed by atoms with van der Waals surface area (Å²) in [5.41, 5.74) is 4.09. The van der Waals surface area contributed by atoms with Crippen molar-refractivity contribution in [3.8, 4) is 0 Å². The van der Waals surface area contributed by atoms with Gasteiger partial charge < -0.3 is 0 Å². The molecule has 3 aromatic rings. The lowest BCUT2D eigenvalue weighted by Gasteiger charge is -2.13. The average Bonchev–Trinajstić information content (AvgIpc) is 2.67. The largest absolute Gasteiger partial charge is 0.283 e. The quantitative estimate of drug-likeness (QED) is 0.397. The van der Waals surface area contributed by atoms with Crippen LogP contribution in [0, 0.1) is 6.92 Å². The molecule has 1 heterocycles. The van der Waals surface area contributed by atoms with Crippen LogP contribution in [0.25, 0.3) is 0 Å². The molecule has 0 unspecified atom stereocenters. The van der Waals surface area contributed by atoms with Crippen molar-refractivity contribution < 1.29 is 0 Å². The second-order valence-corrected chi connectivity index (χ2v) is 8.09. The molecule has 5 heteroatoms. The van der Waals surface area contributed by atoms with Crippen LogP contribution in [0.5, 0.6) is 0 Å². The molecule has 0 spiro atoms. The fraction of sp³-hybridized carbons (Fsp3) is 0.273. The summed E-state index contributed by atoms with van der Waals surface area (Å²) in [6.07, 6.45) is 3.31. The highest BCUT2D eigenvalue weighted by atomic mass is 35.5. The zero-order chi connectivity index (χ0) is 19.2. The first kappa shape index (κ1) is 19.7. The Bertz CT molecular complexity index is 950. The molecule has 0 saturated heterocycles. The highest BCUT2D eigenvalue weighted by Crippen LogP contribution is 2.18. The van der Waals surface area contributed by atoms with Crippen LogP contribution in [0.1, 0.15) is 35.6 Å². The van der Waals surface area contributed by atoms with Gasteiger partial charge in [-0.25, -0.2) is 4.98 Å². The van der Waals surface area contributed by atoms with Crippen molar-refractivity contribution in [1.29, 1.82) is 0 Å². The van der Waals surface area contributed by atoms with E-state index in [1.54, 1.807) is 22.5 Å². The molecule has 0 saturated carbocycles. The molecule has 0 aliphatic carbocycles. The van der Waals surface area contributed by atoms with Crippen molar-refractivity contribution in [2.45, 2.75) is 38.4 Å². The SMILES string of the molecule is CCCSc1ncc(Cc2ccc(Cl)cc2)c(=O)n1Cc1ccc(C)cc1. The van der Waals surface area contributed by atoms with Gasteiger partial charge in [0, 0.05) is 29.0 Å². The van der Waals surface area contributed by atoms with Crippen LogP contribution < -0.4 is 5.56 Å². The minimum Gasteiger partial charge on any atom is -0.283 e. The molecule has 2 aromatic carbocycles. The molecule has 0 radical (unpaired) electrons. The van der Waals surface area contributed by atoms with Crippen molar-refractivity contribution in [1.82, 2.24) is 9.55 Å². The summed E-state index contributed by atoms with van der Waals surface area (Å²) in [6.45, 7) is 4.73. The minimum atomic E-state index is 0.0270. The van der Waals surface area contributed by atoms with Crippen molar-refractivity contribution in [3.63, 3.8) is 0 Å². The summed E-state index contributed by atoms with van der Waals surface area (Å²) in [5, 5.41) is 1.47. The monoisotopic (exact) mass is 398 g/mol. The van der Waals surface area contributed by atoms with Gasteiger partial charge in [-0.3, -0.25) is 9.36 Å². The van der Waals surface area contributed by atoms with Crippen LogP contribution in [0.3, 0.4) is 0 Å². The number of benzene rings is 2. The molecule has 0 aliphatic heterocycles. The number of aromatic nitrogens is 2. The normalized spacial score (nSPS) is 10.9. The van der Waals surface area contributed by atoms with Gasteiger partial charge >= 0.3 is 0 Å². The molecule has 0 N–H and O–H groups in total. The van der Waals surface area contributed by atoms with Crippen LogP contribution >= 0.6 is 23.4 Å². The summed E-state index contributed by atoms with van der Waals surface area (Å²) in [7, 11) is 0. The lowest BCUT2D eigenvalue weighted by molar-refractivity contribution is 0.635. The van der Waals surface area contributed by atoms with Gasteiger partial charge in [-0.05, 0) is 36.6 Å². The lowest BCUT2D eigenvalue weighted by Crippen LogP contribution is -2.27. The number of hydrogen-bond acceptors (Lipinski definition) is 3. The Balaban J connectivity index is 1.94. The molecule has 0 atom stereocenters. The number of nitrogens with zero attached hydrogens (tertiary/aromatic N) is 2. The third-order valence-electron chi connectivity index (χ3n) is 4.29. The van der Waals surface area contributed by atoms with Crippen molar-refractivity contribution in [2.75, 3.05) is 5.75 Å². The Hall–Kier alpha value is -2.04. The van der Waals surface area contributed by atoms with E-state index in [1.165, 1.54) is 5.56 Å². The van der Waals surface area contributed by atoms with Crippen LogP contribution in [0.4, 0.5) is 0 Å². The van der Waals surface area contributed by atoms with E-state index < -0.39 is 0 Å². The van der Waals surface area contributed by atoms with Crippen LogP contribution in [0.2, 0.25) is 5.02 Å². The number of hydrogen-bond donors (Lipinski definition) is 0. The minimum absolute atomic E-state index is 0.0270. The van der Waals surface area contributed by atoms with E-state index in [-0.39, 0.29) is 5.56 Å². The Kier molecular flexibility index (Phi) is 6.75. The molecule has 1 aromatic heterocycles. The number of halogens is 1. The second-order valence-electron chi connectivity index (χ2n) is 6.59. The smallest absolute Gasteiger partial charge is 0.257 e. The van der Waals surface area contributed by atoms with E-state index in [4.69, 9.17) is 11.6 Å². The van der Waals surface area contributed by atoms with E-state index in [2.05, 4.69) is 43.1 Å². The average molecular weight is 399 g/mol. The number of aryl methyl sites for hydroxylation is 1. The summed E-state index contributed by atoms with van der Waals surface area (Å²) < 4.78 is 1.80. The molecular weight excluding hydrogens is 376 g/mol. The van der Waals surface area contributed by atoms with Gasteiger partial charge in [0.25, 0.3) is 5.56 Å². The van der Waals surface area contributed by atoms with Crippen molar-refractivity contribution >= 4 is 23.4 Å². The topological polar surface area (TPSA) is 34.9 Å². The van der Waals surface area contributed by atoms with Crippen LogP contribution in [-0.4, -0.2) is 15.3 Å². The first-order valence-corrected chi connectivity index (χ1v) is 10.4. The third kappa shape index (κ3) is 5.24. The Morgan fingerprint density at radius 3 is 2.37 bits per heavy atom. The first-order valence-electron chi connectivity index (χ1n) is 9.08. The Labute approximate surface area is 169 Å². The molecule has 0 fully saturated rings. The maximum Gasteiger partial charge on any atom is 0.257 e. The lowest BCUT2D eigenvalue weighted by atomic mass is 10.1. The Morgan fingerprint density at radius 1 is 1.04 bits per heavy atom. The predicted octanol–water partition coefficient (Wildman–Crippen LogP) is 5.35. The Morgan fingerprint density at radius 2 is 1.70 bits per heavy atom. The van der Waals surface area contributed by atoms with Gasteiger partial charge in [-0.1, -0.05) is 72.2 Å². The van der Waals surface area contributed by atoms with Crippen LogP contribution in [0.15, 0.2) is 64.7 Å². The highest BCUT2D eigenvalue weighted by molar-refractivity contribution is 7.99. The van der Waals surface area contributed by atoms with Gasteiger partial charge in [0.2, 0.25) is 0 Å².